The predicted octanol–water partition coefficient (Wildman–Crippen LogP) is 3.84. The summed E-state index contributed by atoms with van der Waals surface area (Å²) in [5.41, 5.74) is 9.73. The lowest BCUT2D eigenvalue weighted by molar-refractivity contribution is 0.869. The van der Waals surface area contributed by atoms with Gasteiger partial charge in [-0.3, -0.25) is 0 Å². The lowest BCUT2D eigenvalue weighted by atomic mass is 10.0. The summed E-state index contributed by atoms with van der Waals surface area (Å²) in [5.74, 6) is 1.30. The van der Waals surface area contributed by atoms with Crippen molar-refractivity contribution >= 4 is 17.2 Å². The van der Waals surface area contributed by atoms with Crippen LogP contribution in [0.4, 0.5) is 17.2 Å². The second-order valence-corrected chi connectivity index (χ2v) is 4.74. The van der Waals surface area contributed by atoms with Crippen molar-refractivity contribution in [1.29, 1.82) is 0 Å². The van der Waals surface area contributed by atoms with Crippen LogP contribution in [0.2, 0.25) is 0 Å². The third-order valence-corrected chi connectivity index (χ3v) is 2.97. The van der Waals surface area contributed by atoms with Crippen molar-refractivity contribution in [2.24, 2.45) is 0 Å². The van der Waals surface area contributed by atoms with E-state index >= 15 is 0 Å². The molecule has 94 valence electrons. The zero-order valence-corrected chi connectivity index (χ0v) is 11.1. The van der Waals surface area contributed by atoms with Crippen LogP contribution in [0, 0.1) is 6.92 Å². The van der Waals surface area contributed by atoms with Gasteiger partial charge in [0.1, 0.15) is 5.82 Å². The fourth-order valence-corrected chi connectivity index (χ4v) is 1.89. The highest BCUT2D eigenvalue weighted by Crippen LogP contribution is 2.26. The Labute approximate surface area is 108 Å². The van der Waals surface area contributed by atoms with Gasteiger partial charge in [-0.2, -0.15) is 0 Å². The summed E-state index contributed by atoms with van der Waals surface area (Å²) >= 11 is 0. The third-order valence-electron chi connectivity index (χ3n) is 2.97. The Morgan fingerprint density at radius 2 is 1.83 bits per heavy atom. The quantitative estimate of drug-likeness (QED) is 0.858. The summed E-state index contributed by atoms with van der Waals surface area (Å²) in [5, 5.41) is 3.36. The van der Waals surface area contributed by atoms with Crippen molar-refractivity contribution in [3.63, 3.8) is 0 Å². The Kier molecular flexibility index (Phi) is 3.51. The van der Waals surface area contributed by atoms with Gasteiger partial charge in [0.2, 0.25) is 0 Å². The minimum atomic E-state index is 0.476. The van der Waals surface area contributed by atoms with Crippen molar-refractivity contribution in [2.45, 2.75) is 26.7 Å². The van der Waals surface area contributed by atoms with Crippen LogP contribution in [0.15, 0.2) is 36.4 Å². The normalized spacial score (nSPS) is 10.7. The maximum absolute atomic E-state index is 5.77. The molecule has 1 aromatic heterocycles. The molecule has 0 aliphatic heterocycles. The lowest BCUT2D eigenvalue weighted by Gasteiger charge is -2.14. The number of nitrogens with zero attached hydrogens (tertiary/aromatic N) is 1. The SMILES string of the molecule is Cc1nc(Nc2ccccc2C(C)C)ccc1N. The van der Waals surface area contributed by atoms with E-state index in [2.05, 4.69) is 42.3 Å². The molecule has 3 heteroatoms. The highest BCUT2D eigenvalue weighted by molar-refractivity contribution is 5.62. The van der Waals surface area contributed by atoms with Crippen molar-refractivity contribution in [1.82, 2.24) is 4.98 Å². The summed E-state index contributed by atoms with van der Waals surface area (Å²) in [7, 11) is 0. The van der Waals surface area contributed by atoms with E-state index in [-0.39, 0.29) is 0 Å². The largest absolute Gasteiger partial charge is 0.397 e. The first kappa shape index (κ1) is 12.4. The molecular formula is C15H19N3. The van der Waals surface area contributed by atoms with E-state index in [1.165, 1.54) is 5.56 Å². The molecular weight excluding hydrogens is 222 g/mol. The first-order chi connectivity index (χ1) is 8.58. The van der Waals surface area contributed by atoms with Gasteiger partial charge in [0.15, 0.2) is 0 Å². The molecule has 3 nitrogen and oxygen atoms in total. The number of aryl methyl sites for hydroxylation is 1. The van der Waals surface area contributed by atoms with Crippen LogP contribution in [0.25, 0.3) is 0 Å². The van der Waals surface area contributed by atoms with Gasteiger partial charge < -0.3 is 11.1 Å². The third kappa shape index (κ3) is 2.62. The molecule has 1 heterocycles. The van der Waals surface area contributed by atoms with Crippen LogP contribution in [0.3, 0.4) is 0 Å². The Morgan fingerprint density at radius 3 is 2.50 bits per heavy atom. The second kappa shape index (κ2) is 5.08. The molecule has 2 aromatic rings. The van der Waals surface area contributed by atoms with E-state index < -0.39 is 0 Å². The summed E-state index contributed by atoms with van der Waals surface area (Å²) in [6.07, 6.45) is 0. The van der Waals surface area contributed by atoms with Crippen LogP contribution in [0.1, 0.15) is 31.0 Å². The van der Waals surface area contributed by atoms with Gasteiger partial charge in [-0.1, -0.05) is 32.0 Å². The molecule has 2 rings (SSSR count). The van der Waals surface area contributed by atoms with Gasteiger partial charge in [-0.15, -0.1) is 0 Å². The number of para-hydroxylation sites is 1. The molecule has 3 N–H and O–H groups in total. The fraction of sp³-hybridized carbons (Fsp3) is 0.267. The predicted molar refractivity (Wildman–Crippen MR) is 77.2 cm³/mol. The Hall–Kier alpha value is -2.03. The molecule has 0 radical (unpaired) electrons. The molecule has 0 fully saturated rings. The van der Waals surface area contributed by atoms with E-state index in [1.807, 2.05) is 25.1 Å². The van der Waals surface area contributed by atoms with Gasteiger partial charge in [0.25, 0.3) is 0 Å². The molecule has 0 spiro atoms. The number of nitrogens with one attached hydrogen (secondary N) is 1. The highest BCUT2D eigenvalue weighted by Gasteiger charge is 2.06. The summed E-state index contributed by atoms with van der Waals surface area (Å²) < 4.78 is 0. The number of hydrogen-bond donors (Lipinski definition) is 2. The topological polar surface area (TPSA) is 50.9 Å². The van der Waals surface area contributed by atoms with E-state index in [0.29, 0.717) is 5.92 Å². The van der Waals surface area contributed by atoms with Crippen LogP contribution in [-0.2, 0) is 0 Å². The van der Waals surface area contributed by atoms with Gasteiger partial charge >= 0.3 is 0 Å². The highest BCUT2D eigenvalue weighted by atomic mass is 15.0. The summed E-state index contributed by atoms with van der Waals surface area (Å²) in [6, 6.07) is 12.1. The summed E-state index contributed by atoms with van der Waals surface area (Å²) in [4.78, 5) is 4.43. The molecule has 0 aliphatic rings. The number of hydrogen-bond acceptors (Lipinski definition) is 3. The summed E-state index contributed by atoms with van der Waals surface area (Å²) in [6.45, 7) is 6.28. The molecule has 0 aliphatic carbocycles. The van der Waals surface area contributed by atoms with E-state index in [4.69, 9.17) is 5.73 Å². The van der Waals surface area contributed by atoms with E-state index in [1.54, 1.807) is 0 Å². The van der Waals surface area contributed by atoms with Gasteiger partial charge in [0.05, 0.1) is 11.4 Å². The van der Waals surface area contributed by atoms with Gasteiger partial charge in [0, 0.05) is 5.69 Å². The average Bonchev–Trinajstić information content (AvgIpc) is 2.34. The molecule has 0 bridgehead atoms. The average molecular weight is 241 g/mol. The minimum absolute atomic E-state index is 0.476. The molecule has 0 atom stereocenters. The van der Waals surface area contributed by atoms with Crippen molar-refractivity contribution < 1.29 is 0 Å². The van der Waals surface area contributed by atoms with Crippen LogP contribution >= 0.6 is 0 Å². The Balaban J connectivity index is 2.31. The smallest absolute Gasteiger partial charge is 0.130 e. The maximum atomic E-state index is 5.77. The lowest BCUT2D eigenvalue weighted by Crippen LogP contribution is -2.01. The Bertz CT molecular complexity index is 547. The van der Waals surface area contributed by atoms with Crippen molar-refractivity contribution in [2.75, 3.05) is 11.1 Å². The van der Waals surface area contributed by atoms with Crippen LogP contribution < -0.4 is 11.1 Å². The number of pyridine rings is 1. The van der Waals surface area contributed by atoms with Gasteiger partial charge in [-0.05, 0) is 36.6 Å². The molecule has 0 amide bonds. The van der Waals surface area contributed by atoms with Gasteiger partial charge in [-0.25, -0.2) is 4.98 Å². The minimum Gasteiger partial charge on any atom is -0.397 e. The van der Waals surface area contributed by atoms with Crippen LogP contribution in [0.5, 0.6) is 0 Å². The molecule has 18 heavy (non-hydrogen) atoms. The number of nitrogens with two attached hydrogens (primary N) is 1. The number of aromatic nitrogens is 1. The Morgan fingerprint density at radius 1 is 1.11 bits per heavy atom. The maximum Gasteiger partial charge on any atom is 0.130 e. The number of anilines is 3. The second-order valence-electron chi connectivity index (χ2n) is 4.74. The number of rotatable bonds is 3. The number of nitrogen functional groups attached to an aromatic ring is 1. The standard InChI is InChI=1S/C15H19N3/c1-10(2)12-6-4-5-7-14(12)18-15-9-8-13(16)11(3)17-15/h4-10H,16H2,1-3H3,(H,17,18). The zero-order chi connectivity index (χ0) is 13.1. The molecule has 1 aromatic carbocycles. The van der Waals surface area contributed by atoms with E-state index in [9.17, 15) is 0 Å². The van der Waals surface area contributed by atoms with Crippen molar-refractivity contribution in [3.05, 3.63) is 47.7 Å². The zero-order valence-electron chi connectivity index (χ0n) is 11.1. The molecule has 0 saturated carbocycles. The first-order valence-electron chi connectivity index (χ1n) is 6.17. The number of benzene rings is 1. The fourth-order valence-electron chi connectivity index (χ4n) is 1.89. The molecule has 0 saturated heterocycles. The van der Waals surface area contributed by atoms with Crippen LogP contribution in [-0.4, -0.2) is 4.98 Å². The molecule has 0 unspecified atom stereocenters. The monoisotopic (exact) mass is 241 g/mol. The first-order valence-corrected chi connectivity index (χ1v) is 6.17. The van der Waals surface area contributed by atoms with E-state index in [0.717, 1.165) is 22.9 Å². The van der Waals surface area contributed by atoms with Crippen molar-refractivity contribution in [3.8, 4) is 0 Å².